The summed E-state index contributed by atoms with van der Waals surface area (Å²) in [5.74, 6) is 0.138. The standard InChI is InChI=1S/C13H15Br2NO/c1-9-4-5-11(12(15)7-9)13(17)16-6-2-3-10(16)8-14/h4-5,7,10H,2-3,6,8H2,1H3. The molecule has 2 rings (SSSR count). The Morgan fingerprint density at radius 1 is 1.53 bits per heavy atom. The van der Waals surface area contributed by atoms with Crippen LogP contribution in [-0.2, 0) is 0 Å². The van der Waals surface area contributed by atoms with E-state index in [4.69, 9.17) is 0 Å². The van der Waals surface area contributed by atoms with Gasteiger partial charge >= 0.3 is 0 Å². The smallest absolute Gasteiger partial charge is 0.255 e. The summed E-state index contributed by atoms with van der Waals surface area (Å²) in [4.78, 5) is 14.4. The molecule has 1 atom stereocenters. The van der Waals surface area contributed by atoms with Crippen molar-refractivity contribution in [1.82, 2.24) is 4.90 Å². The van der Waals surface area contributed by atoms with Crippen molar-refractivity contribution in [3.8, 4) is 0 Å². The van der Waals surface area contributed by atoms with Crippen LogP contribution in [0.5, 0.6) is 0 Å². The maximum absolute atomic E-state index is 12.4. The van der Waals surface area contributed by atoms with Gasteiger partial charge in [-0.25, -0.2) is 0 Å². The maximum Gasteiger partial charge on any atom is 0.255 e. The predicted octanol–water partition coefficient (Wildman–Crippen LogP) is 3.76. The van der Waals surface area contributed by atoms with Crippen molar-refractivity contribution < 1.29 is 4.79 Å². The van der Waals surface area contributed by atoms with Crippen molar-refractivity contribution in [3.05, 3.63) is 33.8 Å². The number of rotatable bonds is 2. The quantitative estimate of drug-likeness (QED) is 0.735. The van der Waals surface area contributed by atoms with E-state index >= 15 is 0 Å². The van der Waals surface area contributed by atoms with Crippen molar-refractivity contribution >= 4 is 37.8 Å². The first-order chi connectivity index (χ1) is 8.13. The molecule has 1 fully saturated rings. The molecule has 2 nitrogen and oxygen atoms in total. The molecule has 4 heteroatoms. The number of carbonyl (C=O) groups is 1. The van der Waals surface area contributed by atoms with Crippen LogP contribution < -0.4 is 0 Å². The van der Waals surface area contributed by atoms with Crippen molar-refractivity contribution in [3.63, 3.8) is 0 Å². The number of amides is 1. The van der Waals surface area contributed by atoms with Crippen molar-refractivity contribution in [1.29, 1.82) is 0 Å². The van der Waals surface area contributed by atoms with Crippen molar-refractivity contribution in [2.75, 3.05) is 11.9 Å². The zero-order valence-electron chi connectivity index (χ0n) is 9.75. The molecular formula is C13H15Br2NO. The molecule has 17 heavy (non-hydrogen) atoms. The Morgan fingerprint density at radius 2 is 2.29 bits per heavy atom. The molecule has 1 aliphatic heterocycles. The molecule has 1 amide bonds. The van der Waals surface area contributed by atoms with Gasteiger partial charge in [0.2, 0.25) is 0 Å². The highest BCUT2D eigenvalue weighted by Gasteiger charge is 2.29. The van der Waals surface area contributed by atoms with E-state index in [1.165, 1.54) is 0 Å². The molecule has 92 valence electrons. The first-order valence-corrected chi connectivity index (χ1v) is 7.68. The molecule has 1 unspecified atom stereocenters. The minimum atomic E-state index is 0.138. The Bertz CT molecular complexity index is 433. The fourth-order valence-electron chi connectivity index (χ4n) is 2.21. The number of halogens is 2. The van der Waals surface area contributed by atoms with Gasteiger partial charge in [0.15, 0.2) is 0 Å². The summed E-state index contributed by atoms with van der Waals surface area (Å²) >= 11 is 6.96. The minimum Gasteiger partial charge on any atom is -0.335 e. The van der Waals surface area contributed by atoms with Crippen LogP contribution in [0.4, 0.5) is 0 Å². The van der Waals surface area contributed by atoms with E-state index in [1.807, 2.05) is 30.0 Å². The molecule has 0 aromatic heterocycles. The Labute approximate surface area is 119 Å². The molecule has 0 radical (unpaired) electrons. The Balaban J connectivity index is 2.24. The highest BCUT2D eigenvalue weighted by atomic mass is 79.9. The van der Waals surface area contributed by atoms with Gasteiger partial charge in [-0.2, -0.15) is 0 Å². The van der Waals surface area contributed by atoms with Crippen LogP contribution in [0.3, 0.4) is 0 Å². The molecule has 1 aromatic carbocycles. The third kappa shape index (κ3) is 2.74. The zero-order valence-corrected chi connectivity index (χ0v) is 12.9. The molecule has 0 spiro atoms. The van der Waals surface area contributed by atoms with E-state index < -0.39 is 0 Å². The number of hydrogen-bond donors (Lipinski definition) is 0. The fourth-order valence-corrected chi connectivity index (χ4v) is 3.55. The van der Waals surface area contributed by atoms with Gasteiger partial charge in [-0.05, 0) is 53.4 Å². The average Bonchev–Trinajstić information content (AvgIpc) is 2.76. The molecule has 0 bridgehead atoms. The van der Waals surface area contributed by atoms with Crippen LogP contribution in [0.15, 0.2) is 22.7 Å². The van der Waals surface area contributed by atoms with Gasteiger partial charge in [-0.1, -0.05) is 22.0 Å². The largest absolute Gasteiger partial charge is 0.335 e. The van der Waals surface area contributed by atoms with Gasteiger partial charge in [0.25, 0.3) is 5.91 Å². The molecule has 0 N–H and O–H groups in total. The maximum atomic E-state index is 12.4. The summed E-state index contributed by atoms with van der Waals surface area (Å²) in [5, 5.41) is 0.863. The van der Waals surface area contributed by atoms with Crippen LogP contribution in [0.2, 0.25) is 0 Å². The molecule has 0 saturated carbocycles. The molecule has 1 aliphatic rings. The third-order valence-corrected chi connectivity index (χ3v) is 4.57. The topological polar surface area (TPSA) is 20.3 Å². The lowest BCUT2D eigenvalue weighted by atomic mass is 10.1. The van der Waals surface area contributed by atoms with E-state index in [0.717, 1.165) is 40.3 Å². The zero-order chi connectivity index (χ0) is 12.4. The van der Waals surface area contributed by atoms with Gasteiger partial charge in [0.05, 0.1) is 5.56 Å². The number of carbonyl (C=O) groups excluding carboxylic acids is 1. The Kier molecular flexibility index (Phi) is 4.26. The molecule has 0 aliphatic carbocycles. The number of aryl methyl sites for hydroxylation is 1. The average molecular weight is 361 g/mol. The summed E-state index contributed by atoms with van der Waals surface area (Å²) in [6.07, 6.45) is 2.20. The first kappa shape index (κ1) is 13.1. The minimum absolute atomic E-state index is 0.138. The lowest BCUT2D eigenvalue weighted by molar-refractivity contribution is 0.0749. The lowest BCUT2D eigenvalue weighted by Gasteiger charge is -2.23. The fraction of sp³-hybridized carbons (Fsp3) is 0.462. The number of likely N-dealkylation sites (tertiary alicyclic amines) is 1. The summed E-state index contributed by atoms with van der Waals surface area (Å²) in [7, 11) is 0. The van der Waals surface area contributed by atoms with E-state index in [9.17, 15) is 4.79 Å². The highest BCUT2D eigenvalue weighted by Crippen LogP contribution is 2.25. The van der Waals surface area contributed by atoms with Crippen molar-refractivity contribution in [2.24, 2.45) is 0 Å². The molecule has 1 heterocycles. The predicted molar refractivity (Wildman–Crippen MR) is 76.7 cm³/mol. The van der Waals surface area contributed by atoms with Crippen LogP contribution in [0.1, 0.15) is 28.8 Å². The second-order valence-electron chi connectivity index (χ2n) is 4.43. The second-order valence-corrected chi connectivity index (χ2v) is 5.93. The lowest BCUT2D eigenvalue weighted by Crippen LogP contribution is -2.36. The van der Waals surface area contributed by atoms with Crippen LogP contribution in [-0.4, -0.2) is 28.7 Å². The van der Waals surface area contributed by atoms with Crippen LogP contribution in [0, 0.1) is 6.92 Å². The Morgan fingerprint density at radius 3 is 2.94 bits per heavy atom. The summed E-state index contributed by atoms with van der Waals surface area (Å²) in [6.45, 7) is 2.89. The molecule has 1 aromatic rings. The van der Waals surface area contributed by atoms with Crippen LogP contribution in [0.25, 0.3) is 0 Å². The van der Waals surface area contributed by atoms with Gasteiger partial charge < -0.3 is 4.90 Å². The van der Waals surface area contributed by atoms with Gasteiger partial charge in [-0.15, -0.1) is 0 Å². The van der Waals surface area contributed by atoms with E-state index in [1.54, 1.807) is 0 Å². The summed E-state index contributed by atoms with van der Waals surface area (Å²) in [6, 6.07) is 6.23. The number of benzene rings is 1. The SMILES string of the molecule is Cc1ccc(C(=O)N2CCCC2CBr)c(Br)c1. The first-order valence-electron chi connectivity index (χ1n) is 5.76. The summed E-state index contributed by atoms with van der Waals surface area (Å²) in [5.41, 5.74) is 1.93. The number of nitrogens with zero attached hydrogens (tertiary/aromatic N) is 1. The van der Waals surface area contributed by atoms with Gasteiger partial charge in [0.1, 0.15) is 0 Å². The Hall–Kier alpha value is -0.350. The summed E-state index contributed by atoms with van der Waals surface area (Å²) < 4.78 is 0.891. The van der Waals surface area contributed by atoms with E-state index in [2.05, 4.69) is 31.9 Å². The third-order valence-electron chi connectivity index (χ3n) is 3.17. The number of alkyl halides is 1. The highest BCUT2D eigenvalue weighted by molar-refractivity contribution is 9.10. The normalized spacial score (nSPS) is 19.7. The van der Waals surface area contributed by atoms with Gasteiger partial charge in [-0.3, -0.25) is 4.79 Å². The van der Waals surface area contributed by atoms with E-state index in [-0.39, 0.29) is 5.91 Å². The number of hydrogen-bond acceptors (Lipinski definition) is 1. The monoisotopic (exact) mass is 359 g/mol. The molecule has 1 saturated heterocycles. The van der Waals surface area contributed by atoms with Crippen molar-refractivity contribution in [2.45, 2.75) is 25.8 Å². The van der Waals surface area contributed by atoms with E-state index in [0.29, 0.717) is 6.04 Å². The van der Waals surface area contributed by atoms with Crippen LogP contribution >= 0.6 is 31.9 Å². The second kappa shape index (κ2) is 5.53. The van der Waals surface area contributed by atoms with Gasteiger partial charge in [0, 0.05) is 22.4 Å². The molecular weight excluding hydrogens is 346 g/mol.